The molecule has 0 amide bonds. The minimum atomic E-state index is -0.136. The molecule has 7 heteroatoms. The topological polar surface area (TPSA) is 95.6 Å². The number of hydrogen-bond donors (Lipinski definition) is 3. The van der Waals surface area contributed by atoms with E-state index in [2.05, 4.69) is 30.6 Å². The molecule has 1 aliphatic carbocycles. The second kappa shape index (κ2) is 5.68. The fraction of sp³-hybridized carbons (Fsp3) is 0.250. The molecule has 1 fully saturated rings. The van der Waals surface area contributed by atoms with Crippen LogP contribution in [0.25, 0.3) is 10.8 Å². The lowest BCUT2D eigenvalue weighted by Crippen LogP contribution is -2.28. The number of hydrogen-bond acceptors (Lipinski definition) is 6. The molecule has 0 aromatic carbocycles. The monoisotopic (exact) mass is 308 g/mol. The highest BCUT2D eigenvalue weighted by atomic mass is 16.1. The van der Waals surface area contributed by atoms with Gasteiger partial charge in [-0.3, -0.25) is 9.78 Å². The van der Waals surface area contributed by atoms with Crippen LogP contribution in [0.15, 0.2) is 41.7 Å². The Morgan fingerprint density at radius 1 is 1.22 bits per heavy atom. The second-order valence-corrected chi connectivity index (χ2v) is 5.61. The number of pyridine rings is 2. The predicted octanol–water partition coefficient (Wildman–Crippen LogP) is 2.42. The smallest absolute Gasteiger partial charge is 0.259 e. The Hall–Kier alpha value is -2.96. The number of rotatable bonds is 4. The molecular formula is C16H16N6O. The molecule has 1 aliphatic rings. The Labute approximate surface area is 132 Å². The summed E-state index contributed by atoms with van der Waals surface area (Å²) in [5, 5.41) is 7.93. The van der Waals surface area contributed by atoms with Crippen molar-refractivity contribution in [2.24, 2.45) is 0 Å². The van der Waals surface area contributed by atoms with Crippen LogP contribution in [0.1, 0.15) is 19.3 Å². The summed E-state index contributed by atoms with van der Waals surface area (Å²) in [4.78, 5) is 27.7. The van der Waals surface area contributed by atoms with E-state index >= 15 is 0 Å². The van der Waals surface area contributed by atoms with Gasteiger partial charge in [0, 0.05) is 24.6 Å². The summed E-state index contributed by atoms with van der Waals surface area (Å²) in [6, 6.07) is 4.09. The van der Waals surface area contributed by atoms with Crippen molar-refractivity contribution in [3.05, 3.63) is 47.3 Å². The lowest BCUT2D eigenvalue weighted by molar-refractivity contribution is 0.445. The summed E-state index contributed by atoms with van der Waals surface area (Å²) in [5.41, 5.74) is -0.136. The molecule has 0 spiro atoms. The Morgan fingerprint density at radius 2 is 2.13 bits per heavy atom. The van der Waals surface area contributed by atoms with Crippen molar-refractivity contribution < 1.29 is 0 Å². The van der Waals surface area contributed by atoms with E-state index in [0.717, 1.165) is 18.2 Å². The zero-order chi connectivity index (χ0) is 15.6. The van der Waals surface area contributed by atoms with Crippen molar-refractivity contribution in [2.75, 3.05) is 10.6 Å². The molecule has 116 valence electrons. The Balaban J connectivity index is 1.78. The normalized spacial score (nSPS) is 14.4. The van der Waals surface area contributed by atoms with Gasteiger partial charge in [-0.2, -0.15) is 0 Å². The first kappa shape index (κ1) is 13.7. The Kier molecular flexibility index (Phi) is 3.38. The van der Waals surface area contributed by atoms with Gasteiger partial charge in [-0.15, -0.1) is 0 Å². The van der Waals surface area contributed by atoms with Crippen LogP contribution >= 0.6 is 0 Å². The van der Waals surface area contributed by atoms with Crippen molar-refractivity contribution in [2.45, 2.75) is 25.3 Å². The molecule has 23 heavy (non-hydrogen) atoms. The van der Waals surface area contributed by atoms with E-state index in [1.54, 1.807) is 24.8 Å². The quantitative estimate of drug-likeness (QED) is 0.685. The summed E-state index contributed by atoms with van der Waals surface area (Å²) in [5.74, 6) is 1.85. The highest BCUT2D eigenvalue weighted by Gasteiger charge is 2.20. The van der Waals surface area contributed by atoms with Gasteiger partial charge in [0.05, 0.1) is 11.6 Å². The van der Waals surface area contributed by atoms with Gasteiger partial charge in [0.25, 0.3) is 5.56 Å². The van der Waals surface area contributed by atoms with Gasteiger partial charge in [-0.1, -0.05) is 0 Å². The van der Waals surface area contributed by atoms with E-state index in [0.29, 0.717) is 28.9 Å². The largest absolute Gasteiger partial charge is 0.367 e. The van der Waals surface area contributed by atoms with Crippen molar-refractivity contribution >= 4 is 28.2 Å². The third kappa shape index (κ3) is 2.73. The van der Waals surface area contributed by atoms with E-state index in [1.807, 2.05) is 12.1 Å². The average Bonchev–Trinajstić information content (AvgIpc) is 2.52. The van der Waals surface area contributed by atoms with Crippen LogP contribution in [0.3, 0.4) is 0 Å². The number of fused-ring (bicyclic) bond motifs is 1. The minimum Gasteiger partial charge on any atom is -0.367 e. The summed E-state index contributed by atoms with van der Waals surface area (Å²) >= 11 is 0. The standard InChI is InChI=1S/C16H16N6O/c23-16-14-10(4-5-19-16)8-12(21-13-9-17-6-7-18-13)22-15(14)20-11-2-1-3-11/h4-9,11H,1-3H2,(H,19,23)(H2,18,20,21,22). The first-order valence-corrected chi connectivity index (χ1v) is 7.61. The number of anilines is 3. The maximum absolute atomic E-state index is 12.2. The van der Waals surface area contributed by atoms with Crippen LogP contribution in [-0.2, 0) is 0 Å². The molecule has 3 heterocycles. The summed E-state index contributed by atoms with van der Waals surface area (Å²) in [6.07, 6.45) is 9.92. The van der Waals surface area contributed by atoms with Gasteiger partial charge in [0.2, 0.25) is 0 Å². The van der Waals surface area contributed by atoms with Crippen LogP contribution < -0.4 is 16.2 Å². The van der Waals surface area contributed by atoms with E-state index in [4.69, 9.17) is 0 Å². The molecule has 3 aromatic rings. The number of nitrogens with zero attached hydrogens (tertiary/aromatic N) is 3. The van der Waals surface area contributed by atoms with Crippen LogP contribution in [0.2, 0.25) is 0 Å². The van der Waals surface area contributed by atoms with Crippen LogP contribution in [0, 0.1) is 0 Å². The van der Waals surface area contributed by atoms with Crippen LogP contribution in [0.5, 0.6) is 0 Å². The van der Waals surface area contributed by atoms with Crippen LogP contribution in [-0.4, -0.2) is 26.0 Å². The molecule has 0 bridgehead atoms. The molecular weight excluding hydrogens is 292 g/mol. The second-order valence-electron chi connectivity index (χ2n) is 5.61. The minimum absolute atomic E-state index is 0.136. The van der Waals surface area contributed by atoms with E-state index in [-0.39, 0.29) is 5.56 Å². The van der Waals surface area contributed by atoms with Crippen molar-refractivity contribution in [3.8, 4) is 0 Å². The third-order valence-corrected chi connectivity index (χ3v) is 4.02. The molecule has 4 rings (SSSR count). The number of aromatic amines is 1. The van der Waals surface area contributed by atoms with Crippen molar-refractivity contribution in [3.63, 3.8) is 0 Å². The molecule has 1 saturated carbocycles. The molecule has 0 saturated heterocycles. The zero-order valence-corrected chi connectivity index (χ0v) is 12.4. The molecule has 0 radical (unpaired) electrons. The maximum atomic E-state index is 12.2. The van der Waals surface area contributed by atoms with E-state index < -0.39 is 0 Å². The third-order valence-electron chi connectivity index (χ3n) is 4.02. The predicted molar refractivity (Wildman–Crippen MR) is 88.9 cm³/mol. The number of nitrogens with one attached hydrogen (secondary N) is 3. The summed E-state index contributed by atoms with van der Waals surface area (Å²) < 4.78 is 0. The van der Waals surface area contributed by atoms with Crippen molar-refractivity contribution in [1.29, 1.82) is 0 Å². The van der Waals surface area contributed by atoms with Crippen molar-refractivity contribution in [1.82, 2.24) is 19.9 Å². The van der Waals surface area contributed by atoms with E-state index in [9.17, 15) is 4.79 Å². The Morgan fingerprint density at radius 3 is 2.87 bits per heavy atom. The highest BCUT2D eigenvalue weighted by molar-refractivity contribution is 5.93. The fourth-order valence-corrected chi connectivity index (χ4v) is 2.62. The molecule has 3 aromatic heterocycles. The van der Waals surface area contributed by atoms with Gasteiger partial charge in [0.15, 0.2) is 0 Å². The number of aromatic nitrogens is 4. The first-order chi connectivity index (χ1) is 11.3. The molecule has 0 aliphatic heterocycles. The molecule has 0 atom stereocenters. The van der Waals surface area contributed by atoms with Gasteiger partial charge >= 0.3 is 0 Å². The van der Waals surface area contributed by atoms with Gasteiger partial charge in [-0.25, -0.2) is 9.97 Å². The molecule has 7 nitrogen and oxygen atoms in total. The highest BCUT2D eigenvalue weighted by Crippen LogP contribution is 2.27. The maximum Gasteiger partial charge on any atom is 0.259 e. The van der Waals surface area contributed by atoms with Gasteiger partial charge < -0.3 is 15.6 Å². The molecule has 3 N–H and O–H groups in total. The lowest BCUT2D eigenvalue weighted by atomic mass is 9.93. The average molecular weight is 308 g/mol. The number of H-pyrrole nitrogens is 1. The lowest BCUT2D eigenvalue weighted by Gasteiger charge is -2.27. The zero-order valence-electron chi connectivity index (χ0n) is 12.4. The summed E-state index contributed by atoms with van der Waals surface area (Å²) in [6.45, 7) is 0. The van der Waals surface area contributed by atoms with E-state index in [1.165, 1.54) is 6.42 Å². The van der Waals surface area contributed by atoms with Crippen LogP contribution in [0.4, 0.5) is 17.5 Å². The first-order valence-electron chi connectivity index (χ1n) is 7.61. The molecule has 0 unspecified atom stereocenters. The Bertz CT molecular complexity index is 888. The fourth-order valence-electron chi connectivity index (χ4n) is 2.62. The SMILES string of the molecule is O=c1[nH]ccc2cc(Nc3cnccn3)nc(NC3CCC3)c12. The van der Waals surface area contributed by atoms with Gasteiger partial charge in [-0.05, 0) is 36.8 Å². The van der Waals surface area contributed by atoms with Gasteiger partial charge in [0.1, 0.15) is 17.5 Å². The summed E-state index contributed by atoms with van der Waals surface area (Å²) in [7, 11) is 0.